The van der Waals surface area contributed by atoms with Crippen molar-refractivity contribution in [3.63, 3.8) is 0 Å². The molecule has 34 heavy (non-hydrogen) atoms. The summed E-state index contributed by atoms with van der Waals surface area (Å²) in [6, 6.07) is 21.1. The number of nitrogens with zero attached hydrogens (tertiary/aromatic N) is 1. The molecule has 1 amide bonds. The zero-order chi connectivity index (χ0) is 23.8. The summed E-state index contributed by atoms with van der Waals surface area (Å²) in [4.78, 5) is 14.5. The molecule has 0 unspecified atom stereocenters. The normalized spacial score (nSPS) is 16.6. The Morgan fingerprint density at radius 1 is 0.882 bits per heavy atom. The highest BCUT2D eigenvalue weighted by atomic mass is 32.2. The number of sulfone groups is 1. The zero-order valence-electron chi connectivity index (χ0n) is 18.5. The molecule has 176 valence electrons. The van der Waals surface area contributed by atoms with Gasteiger partial charge in [-0.05, 0) is 35.4 Å². The molecule has 2 aliphatic heterocycles. The van der Waals surface area contributed by atoms with Gasteiger partial charge in [-0.2, -0.15) is 0 Å². The number of ether oxygens (including phenoxy) is 2. The standard InChI is InChI=1S/C26H25NO6S/c28-25(27-17-26(29,18-27)15-19-5-2-1-3-6-19)21-11-9-20(10-12-21)16-34(30,31)23-8-4-7-22-24(23)33-14-13-32-22/h1-12,29H,13-18H2. The van der Waals surface area contributed by atoms with Crippen molar-refractivity contribution in [3.05, 3.63) is 89.5 Å². The van der Waals surface area contributed by atoms with Crippen molar-refractivity contribution < 1.29 is 27.8 Å². The molecule has 0 aromatic heterocycles. The molecular weight excluding hydrogens is 454 g/mol. The van der Waals surface area contributed by atoms with Crippen molar-refractivity contribution in [2.24, 2.45) is 0 Å². The summed E-state index contributed by atoms with van der Waals surface area (Å²) in [7, 11) is -3.68. The van der Waals surface area contributed by atoms with Gasteiger partial charge in [0.15, 0.2) is 21.3 Å². The van der Waals surface area contributed by atoms with Crippen LogP contribution in [0.1, 0.15) is 21.5 Å². The maximum Gasteiger partial charge on any atom is 0.254 e. The first kappa shape index (κ1) is 22.4. The topological polar surface area (TPSA) is 93.1 Å². The van der Waals surface area contributed by atoms with Crippen LogP contribution in [-0.2, 0) is 22.0 Å². The summed E-state index contributed by atoms with van der Waals surface area (Å²) in [6.45, 7) is 1.20. The Morgan fingerprint density at radius 3 is 2.32 bits per heavy atom. The lowest BCUT2D eigenvalue weighted by atomic mass is 9.86. The van der Waals surface area contributed by atoms with Gasteiger partial charge in [0, 0.05) is 12.0 Å². The van der Waals surface area contributed by atoms with Crippen LogP contribution >= 0.6 is 0 Å². The fourth-order valence-corrected chi connectivity index (χ4v) is 5.93. The highest BCUT2D eigenvalue weighted by Crippen LogP contribution is 2.37. The van der Waals surface area contributed by atoms with Gasteiger partial charge < -0.3 is 19.5 Å². The van der Waals surface area contributed by atoms with Crippen LogP contribution in [0.2, 0.25) is 0 Å². The number of likely N-dealkylation sites (tertiary alicyclic amines) is 1. The number of fused-ring (bicyclic) bond motifs is 1. The Labute approximate surface area is 198 Å². The third-order valence-corrected chi connectivity index (χ3v) is 7.76. The Bertz CT molecular complexity index is 1300. The highest BCUT2D eigenvalue weighted by Gasteiger charge is 2.43. The second kappa shape index (κ2) is 8.77. The molecule has 1 saturated heterocycles. The Hall–Kier alpha value is -3.36. The van der Waals surface area contributed by atoms with Crippen LogP contribution in [0.3, 0.4) is 0 Å². The minimum absolute atomic E-state index is 0.100. The van der Waals surface area contributed by atoms with Crippen LogP contribution in [0.25, 0.3) is 0 Å². The third kappa shape index (κ3) is 4.51. The largest absolute Gasteiger partial charge is 0.486 e. The van der Waals surface area contributed by atoms with E-state index in [-0.39, 0.29) is 35.4 Å². The maximum absolute atomic E-state index is 13.0. The molecule has 0 radical (unpaired) electrons. The quantitative estimate of drug-likeness (QED) is 0.585. The summed E-state index contributed by atoms with van der Waals surface area (Å²) < 4.78 is 37.1. The molecule has 0 spiro atoms. The fraction of sp³-hybridized carbons (Fsp3) is 0.269. The molecule has 2 heterocycles. The molecule has 5 rings (SSSR count). The molecular formula is C26H25NO6S. The average Bonchev–Trinajstić information content (AvgIpc) is 2.82. The average molecular weight is 480 g/mol. The molecule has 0 atom stereocenters. The zero-order valence-corrected chi connectivity index (χ0v) is 19.3. The van der Waals surface area contributed by atoms with E-state index in [1.54, 1.807) is 41.3 Å². The number of amides is 1. The predicted molar refractivity (Wildman–Crippen MR) is 126 cm³/mol. The number of hydrogen-bond donors (Lipinski definition) is 1. The SMILES string of the molecule is O=C(c1ccc(CS(=O)(=O)c2cccc3c2OCCO3)cc1)N1CC(O)(Cc2ccccc2)C1. The second-order valence-corrected chi connectivity index (χ2v) is 10.7. The molecule has 3 aromatic rings. The van der Waals surface area contributed by atoms with Crippen LogP contribution in [0.15, 0.2) is 77.7 Å². The number of hydrogen-bond acceptors (Lipinski definition) is 6. The summed E-state index contributed by atoms with van der Waals surface area (Å²) in [5.74, 6) is 0.271. The molecule has 0 bridgehead atoms. The van der Waals surface area contributed by atoms with E-state index in [9.17, 15) is 18.3 Å². The van der Waals surface area contributed by atoms with Crippen molar-refractivity contribution in [1.29, 1.82) is 0 Å². The number of benzene rings is 3. The Morgan fingerprint density at radius 2 is 1.59 bits per heavy atom. The van der Waals surface area contributed by atoms with Gasteiger partial charge in [-0.15, -0.1) is 0 Å². The summed E-state index contributed by atoms with van der Waals surface area (Å²) in [5.41, 5.74) is 1.12. The molecule has 0 saturated carbocycles. The van der Waals surface area contributed by atoms with Crippen LogP contribution in [0, 0.1) is 0 Å². The van der Waals surface area contributed by atoms with E-state index in [1.165, 1.54) is 6.07 Å². The van der Waals surface area contributed by atoms with Crippen LogP contribution in [0.5, 0.6) is 11.5 Å². The monoisotopic (exact) mass is 479 g/mol. The Kier molecular flexibility index (Phi) is 5.79. The van der Waals surface area contributed by atoms with E-state index in [2.05, 4.69) is 0 Å². The molecule has 3 aromatic carbocycles. The van der Waals surface area contributed by atoms with Gasteiger partial charge in [0.2, 0.25) is 0 Å². The van der Waals surface area contributed by atoms with E-state index < -0.39 is 15.4 Å². The smallest absolute Gasteiger partial charge is 0.254 e. The first-order valence-electron chi connectivity index (χ1n) is 11.1. The number of β-amino-alcohol motifs (C(OH)–C–C–N with tert-alkyl or cyclic N) is 1. The molecule has 1 fully saturated rings. The minimum atomic E-state index is -3.68. The lowest BCUT2D eigenvalue weighted by Crippen LogP contribution is -2.64. The van der Waals surface area contributed by atoms with Gasteiger partial charge in [-0.25, -0.2) is 8.42 Å². The van der Waals surface area contributed by atoms with Crippen LogP contribution < -0.4 is 9.47 Å². The van der Waals surface area contributed by atoms with E-state index in [4.69, 9.17) is 9.47 Å². The number of para-hydroxylation sites is 1. The summed E-state index contributed by atoms with van der Waals surface area (Å²) in [5, 5.41) is 10.7. The van der Waals surface area contributed by atoms with Crippen molar-refractivity contribution in [1.82, 2.24) is 4.90 Å². The number of carbonyl (C=O) groups excluding carboxylic acids is 1. The fourth-order valence-electron chi connectivity index (χ4n) is 4.41. The lowest BCUT2D eigenvalue weighted by Gasteiger charge is -2.46. The van der Waals surface area contributed by atoms with Crippen molar-refractivity contribution in [2.45, 2.75) is 22.7 Å². The molecule has 0 aliphatic carbocycles. The Balaban J connectivity index is 1.24. The highest BCUT2D eigenvalue weighted by molar-refractivity contribution is 7.90. The lowest BCUT2D eigenvalue weighted by molar-refractivity contribution is -0.0799. The first-order chi connectivity index (χ1) is 16.3. The molecule has 2 aliphatic rings. The summed E-state index contributed by atoms with van der Waals surface area (Å²) in [6.07, 6.45) is 0.492. The van der Waals surface area contributed by atoms with Crippen molar-refractivity contribution in [2.75, 3.05) is 26.3 Å². The predicted octanol–water partition coefficient (Wildman–Crippen LogP) is 2.86. The van der Waals surface area contributed by atoms with Gasteiger partial charge in [0.1, 0.15) is 23.7 Å². The van der Waals surface area contributed by atoms with E-state index in [0.29, 0.717) is 36.5 Å². The summed E-state index contributed by atoms with van der Waals surface area (Å²) >= 11 is 0. The van der Waals surface area contributed by atoms with E-state index >= 15 is 0 Å². The first-order valence-corrected chi connectivity index (χ1v) is 12.7. The van der Waals surface area contributed by atoms with Gasteiger partial charge >= 0.3 is 0 Å². The molecule has 1 N–H and O–H groups in total. The van der Waals surface area contributed by atoms with Crippen LogP contribution in [0.4, 0.5) is 0 Å². The van der Waals surface area contributed by atoms with Crippen molar-refractivity contribution >= 4 is 15.7 Å². The van der Waals surface area contributed by atoms with Gasteiger partial charge in [-0.3, -0.25) is 4.79 Å². The second-order valence-electron chi connectivity index (χ2n) is 8.78. The number of aliphatic hydroxyl groups is 1. The maximum atomic E-state index is 13.0. The number of rotatable bonds is 6. The van der Waals surface area contributed by atoms with E-state index in [1.807, 2.05) is 30.3 Å². The third-order valence-electron chi connectivity index (χ3n) is 6.06. The van der Waals surface area contributed by atoms with E-state index in [0.717, 1.165) is 5.56 Å². The minimum Gasteiger partial charge on any atom is -0.486 e. The van der Waals surface area contributed by atoms with Gasteiger partial charge in [0.25, 0.3) is 5.91 Å². The van der Waals surface area contributed by atoms with Gasteiger partial charge in [0.05, 0.1) is 18.8 Å². The molecule has 8 heteroatoms. The molecule has 7 nitrogen and oxygen atoms in total. The van der Waals surface area contributed by atoms with Crippen LogP contribution in [-0.4, -0.2) is 56.2 Å². The van der Waals surface area contributed by atoms with Gasteiger partial charge in [-0.1, -0.05) is 48.5 Å². The van der Waals surface area contributed by atoms with Crippen molar-refractivity contribution in [3.8, 4) is 11.5 Å². The number of carbonyl (C=O) groups is 1.